The number of piperidine rings is 1. The van der Waals surface area contributed by atoms with Gasteiger partial charge < -0.3 is 10.2 Å². The second kappa shape index (κ2) is 6.69. The average Bonchev–Trinajstić information content (AvgIpc) is 2.55. The van der Waals surface area contributed by atoms with Gasteiger partial charge >= 0.3 is 0 Å². The zero-order valence-corrected chi connectivity index (χ0v) is 13.2. The topological polar surface area (TPSA) is 54.3 Å². The number of rotatable bonds is 3. The van der Waals surface area contributed by atoms with Crippen molar-refractivity contribution < 1.29 is 4.79 Å². The lowest BCUT2D eigenvalue weighted by Gasteiger charge is -2.33. The van der Waals surface area contributed by atoms with Crippen molar-refractivity contribution in [3.05, 3.63) is 59.0 Å². The molecular formula is C18H20N3O2. The molecule has 3 rings (SSSR count). The Labute approximate surface area is 135 Å². The van der Waals surface area contributed by atoms with Gasteiger partial charge in [-0.2, -0.15) is 0 Å². The van der Waals surface area contributed by atoms with Gasteiger partial charge in [-0.15, -0.1) is 0 Å². The van der Waals surface area contributed by atoms with E-state index in [2.05, 4.69) is 16.3 Å². The highest BCUT2D eigenvalue weighted by Gasteiger charge is 2.20. The van der Waals surface area contributed by atoms with Gasteiger partial charge in [0.15, 0.2) is 0 Å². The number of benzene rings is 1. The largest absolute Gasteiger partial charge is 0.371 e. The second-order valence-corrected chi connectivity index (χ2v) is 5.80. The van der Waals surface area contributed by atoms with Crippen LogP contribution in [-0.4, -0.2) is 29.6 Å². The summed E-state index contributed by atoms with van der Waals surface area (Å²) in [5.74, 6) is 0.0282. The molecule has 1 radical (unpaired) electrons. The van der Waals surface area contributed by atoms with Crippen LogP contribution in [0.1, 0.15) is 19.8 Å². The number of hydrogen-bond acceptors (Lipinski definition) is 3. The van der Waals surface area contributed by atoms with Crippen molar-refractivity contribution in [2.45, 2.75) is 25.8 Å². The van der Waals surface area contributed by atoms with Crippen molar-refractivity contribution >= 4 is 11.6 Å². The van der Waals surface area contributed by atoms with E-state index >= 15 is 0 Å². The Balaban J connectivity index is 1.75. The maximum atomic E-state index is 12.0. The van der Waals surface area contributed by atoms with Crippen molar-refractivity contribution in [3.8, 4) is 5.69 Å². The van der Waals surface area contributed by atoms with Gasteiger partial charge in [0, 0.05) is 50.1 Å². The summed E-state index contributed by atoms with van der Waals surface area (Å²) in [6.45, 7) is 3.30. The fraction of sp³-hybridized carbons (Fsp3) is 0.333. The van der Waals surface area contributed by atoms with E-state index in [0.29, 0.717) is 0 Å². The molecule has 1 fully saturated rings. The molecule has 1 saturated heterocycles. The molecule has 1 aliphatic rings. The lowest BCUT2D eigenvalue weighted by molar-refractivity contribution is -0.119. The van der Waals surface area contributed by atoms with Crippen LogP contribution in [0.5, 0.6) is 0 Å². The monoisotopic (exact) mass is 310 g/mol. The van der Waals surface area contributed by atoms with Crippen LogP contribution in [0.2, 0.25) is 0 Å². The Morgan fingerprint density at radius 2 is 2.04 bits per heavy atom. The Morgan fingerprint density at radius 3 is 2.74 bits per heavy atom. The first-order chi connectivity index (χ1) is 11.1. The molecular weight excluding hydrogens is 290 g/mol. The minimum Gasteiger partial charge on any atom is -0.371 e. The van der Waals surface area contributed by atoms with Crippen molar-refractivity contribution in [3.63, 3.8) is 0 Å². The molecule has 2 aromatic rings. The highest BCUT2D eigenvalue weighted by molar-refractivity contribution is 5.73. The van der Waals surface area contributed by atoms with E-state index in [1.165, 1.54) is 0 Å². The first-order valence-corrected chi connectivity index (χ1v) is 7.85. The molecule has 23 heavy (non-hydrogen) atoms. The van der Waals surface area contributed by atoms with Gasteiger partial charge in [-0.1, -0.05) is 12.1 Å². The molecule has 5 heteroatoms. The SMILES string of the molecule is CC(=O)NC1CCN(c2[c]ccc(-n3ccccc3=O)c2)CC1. The van der Waals surface area contributed by atoms with Crippen LogP contribution in [0.15, 0.2) is 47.4 Å². The molecule has 2 heterocycles. The third kappa shape index (κ3) is 3.62. The summed E-state index contributed by atoms with van der Waals surface area (Å²) in [7, 11) is 0. The second-order valence-electron chi connectivity index (χ2n) is 5.80. The third-order valence-corrected chi connectivity index (χ3v) is 4.11. The fourth-order valence-electron chi connectivity index (χ4n) is 2.97. The molecule has 0 unspecified atom stereocenters. The summed E-state index contributed by atoms with van der Waals surface area (Å²) in [5.41, 5.74) is 1.78. The van der Waals surface area contributed by atoms with E-state index < -0.39 is 0 Å². The molecule has 5 nitrogen and oxygen atoms in total. The molecule has 1 amide bonds. The molecule has 0 aliphatic carbocycles. The van der Waals surface area contributed by atoms with E-state index in [-0.39, 0.29) is 17.5 Å². The Bertz CT molecular complexity index is 746. The van der Waals surface area contributed by atoms with Gasteiger partial charge in [-0.25, -0.2) is 0 Å². The standard InChI is InChI=1S/C18H20N3O2/c1-14(22)19-15-8-11-20(12-9-15)16-5-4-6-17(13-16)21-10-3-2-7-18(21)23/h2-4,6-7,10,13,15H,8-9,11-12H2,1H3,(H,19,22). The van der Waals surface area contributed by atoms with E-state index in [0.717, 1.165) is 37.3 Å². The maximum absolute atomic E-state index is 12.0. The van der Waals surface area contributed by atoms with Crippen LogP contribution in [0.4, 0.5) is 5.69 Å². The maximum Gasteiger partial charge on any atom is 0.255 e. The molecule has 0 atom stereocenters. The molecule has 1 aromatic carbocycles. The van der Waals surface area contributed by atoms with Gasteiger partial charge in [0.25, 0.3) is 5.56 Å². The number of aromatic nitrogens is 1. The Hall–Kier alpha value is -2.56. The summed E-state index contributed by atoms with van der Waals surface area (Å²) in [6, 6.07) is 14.4. The number of nitrogens with zero attached hydrogens (tertiary/aromatic N) is 2. The predicted molar refractivity (Wildman–Crippen MR) is 89.9 cm³/mol. The van der Waals surface area contributed by atoms with Crippen LogP contribution in [0.25, 0.3) is 5.69 Å². The number of carbonyl (C=O) groups excluding carboxylic acids is 1. The van der Waals surface area contributed by atoms with E-state index in [1.807, 2.05) is 24.3 Å². The molecule has 119 valence electrons. The number of pyridine rings is 1. The van der Waals surface area contributed by atoms with Crippen molar-refractivity contribution in [2.24, 2.45) is 0 Å². The molecule has 1 N–H and O–H groups in total. The van der Waals surface area contributed by atoms with Crippen LogP contribution in [-0.2, 0) is 4.79 Å². The lowest BCUT2D eigenvalue weighted by atomic mass is 10.0. The zero-order valence-electron chi connectivity index (χ0n) is 13.2. The van der Waals surface area contributed by atoms with Crippen LogP contribution >= 0.6 is 0 Å². The number of carbonyl (C=O) groups is 1. The number of hydrogen-bond donors (Lipinski definition) is 1. The summed E-state index contributed by atoms with van der Waals surface area (Å²) < 4.78 is 1.63. The van der Waals surface area contributed by atoms with Crippen LogP contribution < -0.4 is 15.8 Å². The van der Waals surface area contributed by atoms with Gasteiger partial charge in [0.1, 0.15) is 0 Å². The minimum absolute atomic E-state index is 0.0282. The van der Waals surface area contributed by atoms with E-state index in [9.17, 15) is 9.59 Å². The number of nitrogens with one attached hydrogen (secondary N) is 1. The van der Waals surface area contributed by atoms with Crippen molar-refractivity contribution in [1.29, 1.82) is 0 Å². The minimum atomic E-state index is -0.0472. The van der Waals surface area contributed by atoms with E-state index in [4.69, 9.17) is 0 Å². The highest BCUT2D eigenvalue weighted by Crippen LogP contribution is 2.21. The number of anilines is 1. The fourth-order valence-corrected chi connectivity index (χ4v) is 2.97. The molecule has 0 saturated carbocycles. The van der Waals surface area contributed by atoms with Gasteiger partial charge in [-0.05, 0) is 31.0 Å². The first-order valence-electron chi connectivity index (χ1n) is 7.85. The summed E-state index contributed by atoms with van der Waals surface area (Å²) in [4.78, 5) is 25.3. The molecule has 1 aliphatic heterocycles. The third-order valence-electron chi connectivity index (χ3n) is 4.11. The summed E-state index contributed by atoms with van der Waals surface area (Å²) in [5, 5.41) is 2.98. The molecule has 1 aromatic heterocycles. The van der Waals surface area contributed by atoms with Crippen molar-refractivity contribution in [1.82, 2.24) is 9.88 Å². The summed E-state index contributed by atoms with van der Waals surface area (Å²) in [6.07, 6.45) is 3.61. The van der Waals surface area contributed by atoms with Crippen molar-refractivity contribution in [2.75, 3.05) is 18.0 Å². The first kappa shape index (κ1) is 15.3. The highest BCUT2D eigenvalue weighted by atomic mass is 16.1. The normalized spacial score (nSPS) is 15.4. The number of amides is 1. The quantitative estimate of drug-likeness (QED) is 0.939. The van der Waals surface area contributed by atoms with E-state index in [1.54, 1.807) is 29.8 Å². The molecule has 0 bridgehead atoms. The van der Waals surface area contributed by atoms with Crippen LogP contribution in [0, 0.1) is 6.07 Å². The van der Waals surface area contributed by atoms with Gasteiger partial charge in [0.2, 0.25) is 5.91 Å². The smallest absolute Gasteiger partial charge is 0.255 e. The van der Waals surface area contributed by atoms with Crippen LogP contribution in [0.3, 0.4) is 0 Å². The molecule has 0 spiro atoms. The summed E-state index contributed by atoms with van der Waals surface area (Å²) >= 11 is 0. The lowest BCUT2D eigenvalue weighted by Crippen LogP contribution is -2.44. The van der Waals surface area contributed by atoms with Gasteiger partial charge in [0.05, 0.1) is 5.69 Å². The van der Waals surface area contributed by atoms with Gasteiger partial charge in [-0.3, -0.25) is 14.2 Å². The average molecular weight is 310 g/mol. The predicted octanol–water partition coefficient (Wildman–Crippen LogP) is 1.74. The Morgan fingerprint density at radius 1 is 1.26 bits per heavy atom. The zero-order chi connectivity index (χ0) is 16.2. The Kier molecular flexibility index (Phi) is 4.46.